The fourth-order valence-corrected chi connectivity index (χ4v) is 2.26. The van der Waals surface area contributed by atoms with Crippen LogP contribution >= 0.6 is 12.2 Å². The van der Waals surface area contributed by atoms with Crippen molar-refractivity contribution in [3.8, 4) is 0 Å². The molecule has 6 nitrogen and oxygen atoms in total. The second kappa shape index (κ2) is 5.64. The molecule has 0 aliphatic carbocycles. The lowest BCUT2D eigenvalue weighted by molar-refractivity contribution is 0.0667. The highest BCUT2D eigenvalue weighted by Gasteiger charge is 2.12. The van der Waals surface area contributed by atoms with Crippen molar-refractivity contribution < 1.29 is 9.47 Å². The summed E-state index contributed by atoms with van der Waals surface area (Å²) in [6.45, 7) is 4.49. The minimum absolute atomic E-state index is 0.599. The van der Waals surface area contributed by atoms with Crippen LogP contribution in [0.25, 0.3) is 11.2 Å². The van der Waals surface area contributed by atoms with Crippen molar-refractivity contribution in [1.82, 2.24) is 19.3 Å². The normalized spacial score (nSPS) is 11.5. The maximum absolute atomic E-state index is 5.46. The fourth-order valence-electron chi connectivity index (χ4n) is 1.98. The number of H-pyrrole nitrogens is 1. The van der Waals surface area contributed by atoms with Gasteiger partial charge in [0.15, 0.2) is 10.4 Å². The number of nitrogens with zero attached hydrogens (tertiary/aromatic N) is 3. The Bertz CT molecular complexity index is 584. The Labute approximate surface area is 110 Å². The molecule has 0 bridgehead atoms. The van der Waals surface area contributed by atoms with Gasteiger partial charge in [-0.2, -0.15) is 5.10 Å². The third-order valence-corrected chi connectivity index (χ3v) is 3.14. The quantitative estimate of drug-likeness (QED) is 0.637. The van der Waals surface area contributed by atoms with Gasteiger partial charge < -0.3 is 14.5 Å². The number of fused-ring (bicyclic) bond motifs is 1. The van der Waals surface area contributed by atoms with Gasteiger partial charge in [0.05, 0.1) is 32.1 Å². The van der Waals surface area contributed by atoms with Gasteiger partial charge in [0, 0.05) is 14.2 Å². The molecule has 2 aromatic rings. The Morgan fingerprint density at radius 3 is 2.83 bits per heavy atom. The molecule has 0 spiro atoms. The second-order valence-electron chi connectivity index (χ2n) is 4.09. The van der Waals surface area contributed by atoms with Crippen LogP contribution in [0.15, 0.2) is 0 Å². The third kappa shape index (κ3) is 2.47. The zero-order chi connectivity index (χ0) is 13.1. The summed E-state index contributed by atoms with van der Waals surface area (Å²) in [7, 11) is 3.58. The number of rotatable bonds is 6. The maximum atomic E-state index is 5.46. The fraction of sp³-hybridized carbons (Fsp3) is 0.636. The van der Waals surface area contributed by atoms with Crippen molar-refractivity contribution in [2.24, 2.45) is 7.05 Å². The molecule has 0 atom stereocenters. The molecule has 0 aliphatic rings. The van der Waals surface area contributed by atoms with Crippen molar-refractivity contribution >= 4 is 23.4 Å². The van der Waals surface area contributed by atoms with E-state index in [1.54, 1.807) is 7.11 Å². The first kappa shape index (κ1) is 13.3. The Hall–Kier alpha value is -1.18. The average Bonchev–Trinajstić information content (AvgIpc) is 2.79. The van der Waals surface area contributed by atoms with Crippen LogP contribution in [0.2, 0.25) is 0 Å². The monoisotopic (exact) mass is 270 g/mol. The van der Waals surface area contributed by atoms with Crippen LogP contribution < -0.4 is 0 Å². The molecule has 7 heteroatoms. The number of hydrogen-bond donors (Lipinski definition) is 1. The molecular weight excluding hydrogens is 252 g/mol. The van der Waals surface area contributed by atoms with E-state index in [2.05, 4.69) is 10.1 Å². The molecule has 0 radical (unpaired) electrons. The Balaban J connectivity index is 2.12. The number of aromatic amines is 1. The lowest BCUT2D eigenvalue weighted by Crippen LogP contribution is -2.11. The molecule has 18 heavy (non-hydrogen) atoms. The predicted molar refractivity (Wildman–Crippen MR) is 71.3 cm³/mol. The number of aromatic nitrogens is 4. The molecule has 1 N–H and O–H groups in total. The van der Waals surface area contributed by atoms with Gasteiger partial charge in [-0.3, -0.25) is 9.25 Å². The zero-order valence-corrected chi connectivity index (χ0v) is 11.7. The van der Waals surface area contributed by atoms with Crippen molar-refractivity contribution in [2.45, 2.75) is 13.5 Å². The summed E-state index contributed by atoms with van der Waals surface area (Å²) in [4.78, 5) is 3.18. The number of methoxy groups -OCH3 is 1. The third-order valence-electron chi connectivity index (χ3n) is 2.82. The van der Waals surface area contributed by atoms with Gasteiger partial charge in [0.2, 0.25) is 0 Å². The predicted octanol–water partition coefficient (Wildman–Crippen LogP) is 1.40. The van der Waals surface area contributed by atoms with Gasteiger partial charge in [0.25, 0.3) is 0 Å². The van der Waals surface area contributed by atoms with Gasteiger partial charge in [-0.25, -0.2) is 0 Å². The number of aryl methyl sites for hydroxylation is 2. The molecule has 0 unspecified atom stereocenters. The standard InChI is InChI=1S/C11H18N4O2S/c1-8-9-10(14(2)13-8)15(11(18)12-9)4-5-17-7-6-16-3/h4-7H2,1-3H3,(H,12,18). The maximum Gasteiger partial charge on any atom is 0.179 e. The highest BCUT2D eigenvalue weighted by atomic mass is 32.1. The Kier molecular flexibility index (Phi) is 4.15. The minimum Gasteiger partial charge on any atom is -0.382 e. The smallest absolute Gasteiger partial charge is 0.179 e. The topological polar surface area (TPSA) is 57.0 Å². The summed E-state index contributed by atoms with van der Waals surface area (Å²) in [6, 6.07) is 0. The van der Waals surface area contributed by atoms with Crippen LogP contribution in [0.4, 0.5) is 0 Å². The van der Waals surface area contributed by atoms with E-state index in [0.717, 1.165) is 16.9 Å². The summed E-state index contributed by atoms with van der Waals surface area (Å²) < 4.78 is 14.9. The molecular formula is C11H18N4O2S. The molecule has 2 heterocycles. The van der Waals surface area contributed by atoms with E-state index in [1.807, 2.05) is 23.2 Å². The molecule has 0 amide bonds. The van der Waals surface area contributed by atoms with Crippen molar-refractivity contribution in [2.75, 3.05) is 26.9 Å². The summed E-state index contributed by atoms with van der Waals surface area (Å²) in [5.74, 6) is 0. The molecule has 0 aliphatic heterocycles. The van der Waals surface area contributed by atoms with Crippen LogP contribution in [0, 0.1) is 11.7 Å². The molecule has 0 saturated carbocycles. The average molecular weight is 270 g/mol. The van der Waals surface area contributed by atoms with Crippen molar-refractivity contribution in [1.29, 1.82) is 0 Å². The lowest BCUT2D eigenvalue weighted by atomic mass is 10.4. The van der Waals surface area contributed by atoms with Gasteiger partial charge in [-0.15, -0.1) is 0 Å². The highest BCUT2D eigenvalue weighted by molar-refractivity contribution is 7.71. The highest BCUT2D eigenvalue weighted by Crippen LogP contribution is 2.16. The van der Waals surface area contributed by atoms with Crippen LogP contribution in [0.5, 0.6) is 0 Å². The molecule has 100 valence electrons. The zero-order valence-electron chi connectivity index (χ0n) is 10.9. The minimum atomic E-state index is 0.599. The first-order valence-corrected chi connectivity index (χ1v) is 6.24. The number of nitrogens with one attached hydrogen (secondary N) is 1. The molecule has 2 rings (SSSR count). The van der Waals surface area contributed by atoms with Crippen LogP contribution in [0.1, 0.15) is 5.69 Å². The van der Waals surface area contributed by atoms with Crippen LogP contribution in [0.3, 0.4) is 0 Å². The Morgan fingerprint density at radius 2 is 2.11 bits per heavy atom. The Morgan fingerprint density at radius 1 is 1.33 bits per heavy atom. The van der Waals surface area contributed by atoms with E-state index < -0.39 is 0 Å². The van der Waals surface area contributed by atoms with Crippen LogP contribution in [-0.2, 0) is 23.1 Å². The largest absolute Gasteiger partial charge is 0.382 e. The van der Waals surface area contributed by atoms with E-state index in [4.69, 9.17) is 21.7 Å². The van der Waals surface area contributed by atoms with Gasteiger partial charge in [-0.1, -0.05) is 0 Å². The molecule has 2 aromatic heterocycles. The van der Waals surface area contributed by atoms with E-state index in [9.17, 15) is 0 Å². The van der Waals surface area contributed by atoms with E-state index in [1.165, 1.54) is 0 Å². The number of hydrogen-bond acceptors (Lipinski definition) is 4. The van der Waals surface area contributed by atoms with E-state index >= 15 is 0 Å². The first-order valence-electron chi connectivity index (χ1n) is 5.84. The SMILES string of the molecule is COCCOCCn1c(=S)[nH]c2c(C)nn(C)c21. The van der Waals surface area contributed by atoms with E-state index in [-0.39, 0.29) is 0 Å². The summed E-state index contributed by atoms with van der Waals surface area (Å²) in [5.41, 5.74) is 2.96. The van der Waals surface area contributed by atoms with Crippen molar-refractivity contribution in [3.05, 3.63) is 10.5 Å². The number of ether oxygens (including phenoxy) is 2. The molecule has 0 fully saturated rings. The van der Waals surface area contributed by atoms with Crippen molar-refractivity contribution in [3.63, 3.8) is 0 Å². The summed E-state index contributed by atoms with van der Waals surface area (Å²) in [5, 5.41) is 4.37. The molecule has 0 aromatic carbocycles. The first-order chi connectivity index (χ1) is 8.65. The summed E-state index contributed by atoms with van der Waals surface area (Å²) >= 11 is 5.31. The van der Waals surface area contributed by atoms with Crippen LogP contribution in [-0.4, -0.2) is 46.3 Å². The van der Waals surface area contributed by atoms with Gasteiger partial charge >= 0.3 is 0 Å². The second-order valence-corrected chi connectivity index (χ2v) is 4.48. The lowest BCUT2D eigenvalue weighted by Gasteiger charge is -2.06. The summed E-state index contributed by atoms with van der Waals surface area (Å²) in [6.07, 6.45) is 0. The van der Waals surface area contributed by atoms with Gasteiger partial charge in [0.1, 0.15) is 5.52 Å². The van der Waals surface area contributed by atoms with Gasteiger partial charge in [-0.05, 0) is 19.1 Å². The molecule has 0 saturated heterocycles. The number of imidazole rings is 1. The van der Waals surface area contributed by atoms with E-state index in [0.29, 0.717) is 31.1 Å².